The van der Waals surface area contributed by atoms with Gasteiger partial charge in [-0.25, -0.2) is 0 Å². The summed E-state index contributed by atoms with van der Waals surface area (Å²) in [7, 11) is 1.76. The maximum atomic E-state index is 13.1. The zero-order valence-electron chi connectivity index (χ0n) is 14.0. The number of benzene rings is 1. The number of carboxylic acids is 1. The maximum absolute atomic E-state index is 13.1. The van der Waals surface area contributed by atoms with E-state index in [1.54, 1.807) is 18.9 Å². The van der Waals surface area contributed by atoms with Gasteiger partial charge in [-0.1, -0.05) is 39.0 Å². The van der Waals surface area contributed by atoms with Gasteiger partial charge in [0.25, 0.3) is 0 Å². The molecule has 0 bridgehead atoms. The monoisotopic (exact) mass is 303 g/mol. The molecule has 2 rings (SSSR count). The summed E-state index contributed by atoms with van der Waals surface area (Å²) in [5, 5.41) is 9.65. The Morgan fingerprint density at radius 1 is 1.00 bits per heavy atom. The van der Waals surface area contributed by atoms with Crippen LogP contribution in [-0.2, 0) is 9.59 Å². The van der Waals surface area contributed by atoms with Gasteiger partial charge in [-0.15, -0.1) is 0 Å². The number of carbonyl (C=O) groups is 2. The van der Waals surface area contributed by atoms with Gasteiger partial charge in [-0.05, 0) is 37.3 Å². The van der Waals surface area contributed by atoms with Crippen LogP contribution < -0.4 is 4.90 Å². The molecule has 0 aliphatic heterocycles. The molecule has 1 aliphatic rings. The smallest absolute Gasteiger partial charge is 0.309 e. The van der Waals surface area contributed by atoms with E-state index in [0.717, 1.165) is 5.69 Å². The van der Waals surface area contributed by atoms with E-state index >= 15 is 0 Å². The predicted molar refractivity (Wildman–Crippen MR) is 86.7 cm³/mol. The lowest BCUT2D eigenvalue weighted by Gasteiger charge is -2.45. The summed E-state index contributed by atoms with van der Waals surface area (Å²) in [5.41, 5.74) is -1.40. The summed E-state index contributed by atoms with van der Waals surface area (Å²) < 4.78 is 0. The molecule has 0 saturated heterocycles. The Kier molecular flexibility index (Phi) is 3.84. The third-order valence-electron chi connectivity index (χ3n) is 6.28. The Bertz CT molecular complexity index is 596. The van der Waals surface area contributed by atoms with Crippen LogP contribution in [0, 0.1) is 16.2 Å². The molecular weight excluding hydrogens is 278 g/mol. The van der Waals surface area contributed by atoms with Gasteiger partial charge >= 0.3 is 5.97 Å². The highest BCUT2D eigenvalue weighted by atomic mass is 16.4. The van der Waals surface area contributed by atoms with E-state index in [0.29, 0.717) is 12.8 Å². The second kappa shape index (κ2) is 5.11. The molecule has 1 N–H and O–H groups in total. The van der Waals surface area contributed by atoms with E-state index in [4.69, 9.17) is 0 Å². The zero-order valence-corrected chi connectivity index (χ0v) is 14.0. The first-order chi connectivity index (χ1) is 10.1. The lowest BCUT2D eigenvalue weighted by atomic mass is 9.59. The summed E-state index contributed by atoms with van der Waals surface area (Å²) in [6, 6.07) is 9.47. The number of para-hydroxylation sites is 1. The number of anilines is 1. The molecule has 4 heteroatoms. The van der Waals surface area contributed by atoms with Gasteiger partial charge in [0.1, 0.15) is 0 Å². The lowest BCUT2D eigenvalue weighted by Crippen LogP contribution is -2.52. The largest absolute Gasteiger partial charge is 0.481 e. The van der Waals surface area contributed by atoms with Crippen molar-refractivity contribution in [3.8, 4) is 0 Å². The highest BCUT2D eigenvalue weighted by Crippen LogP contribution is 2.63. The molecule has 2 unspecified atom stereocenters. The molecule has 0 heterocycles. The summed E-state index contributed by atoms with van der Waals surface area (Å²) in [5.74, 6) is -0.843. The van der Waals surface area contributed by atoms with Crippen molar-refractivity contribution in [1.82, 2.24) is 0 Å². The van der Waals surface area contributed by atoms with Crippen molar-refractivity contribution in [3.05, 3.63) is 30.3 Å². The van der Waals surface area contributed by atoms with Crippen LogP contribution in [0.2, 0.25) is 0 Å². The summed E-state index contributed by atoms with van der Waals surface area (Å²) in [6.07, 6.45) is 1.10. The SMILES string of the molecule is CN(C(=O)C1(C)CCC(C)(C(=O)O)C1(C)C)c1ccccc1. The van der Waals surface area contributed by atoms with Gasteiger partial charge in [-0.3, -0.25) is 9.59 Å². The van der Waals surface area contributed by atoms with Crippen LogP contribution in [0.1, 0.15) is 40.5 Å². The molecule has 1 amide bonds. The van der Waals surface area contributed by atoms with E-state index in [1.165, 1.54) is 0 Å². The molecule has 1 aromatic rings. The fourth-order valence-corrected chi connectivity index (χ4v) is 3.62. The average Bonchev–Trinajstić information content (AvgIpc) is 2.69. The van der Waals surface area contributed by atoms with Gasteiger partial charge in [-0.2, -0.15) is 0 Å². The number of amides is 1. The summed E-state index contributed by atoms with van der Waals surface area (Å²) in [6.45, 7) is 7.48. The number of hydrogen-bond acceptors (Lipinski definition) is 2. The van der Waals surface area contributed by atoms with Crippen LogP contribution in [0.25, 0.3) is 0 Å². The number of aliphatic carboxylic acids is 1. The Balaban J connectivity index is 2.39. The van der Waals surface area contributed by atoms with E-state index in [9.17, 15) is 14.7 Å². The molecule has 0 radical (unpaired) electrons. The summed E-state index contributed by atoms with van der Waals surface area (Å²) >= 11 is 0. The zero-order chi connectivity index (χ0) is 16.8. The highest BCUT2D eigenvalue weighted by Gasteiger charge is 2.65. The van der Waals surface area contributed by atoms with E-state index in [-0.39, 0.29) is 5.91 Å². The van der Waals surface area contributed by atoms with Gasteiger partial charge in [0.2, 0.25) is 5.91 Å². The van der Waals surface area contributed by atoms with Crippen molar-refractivity contribution in [2.45, 2.75) is 40.5 Å². The van der Waals surface area contributed by atoms with Crippen molar-refractivity contribution < 1.29 is 14.7 Å². The molecule has 0 spiro atoms. The highest BCUT2D eigenvalue weighted by molar-refractivity contribution is 5.98. The van der Waals surface area contributed by atoms with Gasteiger partial charge in [0.15, 0.2) is 0 Å². The molecule has 1 aliphatic carbocycles. The minimum absolute atomic E-state index is 0.0197. The minimum Gasteiger partial charge on any atom is -0.481 e. The van der Waals surface area contributed by atoms with Crippen LogP contribution in [0.4, 0.5) is 5.69 Å². The van der Waals surface area contributed by atoms with Gasteiger partial charge < -0.3 is 10.0 Å². The fraction of sp³-hybridized carbons (Fsp3) is 0.556. The number of rotatable bonds is 3. The lowest BCUT2D eigenvalue weighted by molar-refractivity contribution is -0.158. The first kappa shape index (κ1) is 16.5. The van der Waals surface area contributed by atoms with Crippen LogP contribution in [-0.4, -0.2) is 24.0 Å². The van der Waals surface area contributed by atoms with Crippen molar-refractivity contribution >= 4 is 17.6 Å². The Labute approximate surface area is 132 Å². The van der Waals surface area contributed by atoms with Crippen molar-refractivity contribution in [3.63, 3.8) is 0 Å². The first-order valence-electron chi connectivity index (χ1n) is 7.64. The predicted octanol–water partition coefficient (Wildman–Crippen LogP) is 3.57. The Morgan fingerprint density at radius 3 is 1.95 bits per heavy atom. The van der Waals surface area contributed by atoms with Crippen molar-refractivity contribution in [2.24, 2.45) is 16.2 Å². The number of carboxylic acid groups (broad SMARTS) is 1. The molecule has 1 fully saturated rings. The van der Waals surface area contributed by atoms with Crippen LogP contribution >= 0.6 is 0 Å². The van der Waals surface area contributed by atoms with Crippen LogP contribution in [0.3, 0.4) is 0 Å². The van der Waals surface area contributed by atoms with Crippen molar-refractivity contribution in [1.29, 1.82) is 0 Å². The fourth-order valence-electron chi connectivity index (χ4n) is 3.62. The molecule has 0 aromatic heterocycles. The molecule has 22 heavy (non-hydrogen) atoms. The Morgan fingerprint density at radius 2 is 1.50 bits per heavy atom. The van der Waals surface area contributed by atoms with Crippen LogP contribution in [0.15, 0.2) is 30.3 Å². The maximum Gasteiger partial charge on any atom is 0.309 e. The quantitative estimate of drug-likeness (QED) is 0.928. The van der Waals surface area contributed by atoms with E-state index in [1.807, 2.05) is 51.1 Å². The van der Waals surface area contributed by atoms with E-state index < -0.39 is 22.2 Å². The normalized spacial score (nSPS) is 30.0. The molecule has 2 atom stereocenters. The first-order valence-corrected chi connectivity index (χ1v) is 7.64. The molecule has 4 nitrogen and oxygen atoms in total. The molecule has 120 valence electrons. The number of hydrogen-bond donors (Lipinski definition) is 1. The Hall–Kier alpha value is -1.84. The average molecular weight is 303 g/mol. The van der Waals surface area contributed by atoms with Gasteiger partial charge in [0, 0.05) is 12.7 Å². The van der Waals surface area contributed by atoms with Crippen LogP contribution in [0.5, 0.6) is 0 Å². The topological polar surface area (TPSA) is 57.6 Å². The third kappa shape index (κ3) is 2.04. The minimum atomic E-state index is -0.894. The van der Waals surface area contributed by atoms with Gasteiger partial charge in [0.05, 0.1) is 10.8 Å². The second-order valence-corrected chi connectivity index (χ2v) is 7.29. The standard InChI is InChI=1S/C18H25NO3/c1-16(2)17(3,11-12-18(16,4)15(21)22)14(20)19(5)13-9-7-6-8-10-13/h6-10H,11-12H2,1-5H3,(H,21,22). The third-order valence-corrected chi connectivity index (χ3v) is 6.28. The number of carbonyl (C=O) groups excluding carboxylic acids is 1. The molecule has 1 saturated carbocycles. The van der Waals surface area contributed by atoms with E-state index in [2.05, 4.69) is 0 Å². The molecule has 1 aromatic carbocycles. The second-order valence-electron chi connectivity index (χ2n) is 7.29. The molecular formula is C18H25NO3. The number of nitrogens with zero attached hydrogens (tertiary/aromatic N) is 1. The summed E-state index contributed by atoms with van der Waals surface area (Å²) in [4.78, 5) is 26.5. The van der Waals surface area contributed by atoms with Crippen molar-refractivity contribution in [2.75, 3.05) is 11.9 Å².